The molecule has 0 aliphatic carbocycles. The van der Waals surface area contributed by atoms with Gasteiger partial charge in [0.1, 0.15) is 5.82 Å². The molecular weight excluding hydrogens is 236 g/mol. The maximum Gasteiger partial charge on any atom is 0.176 e. The molecule has 0 bridgehead atoms. The molecule has 0 saturated carbocycles. The first-order valence-corrected chi connectivity index (χ1v) is 6.89. The molecule has 0 atom stereocenters. The van der Waals surface area contributed by atoms with Gasteiger partial charge in [-0.15, -0.1) is 0 Å². The van der Waals surface area contributed by atoms with Crippen molar-refractivity contribution in [2.24, 2.45) is 0 Å². The maximum absolute atomic E-state index is 11.7. The smallest absolute Gasteiger partial charge is 0.176 e. The predicted octanol–water partition coefficient (Wildman–Crippen LogP) is 1.73. The van der Waals surface area contributed by atoms with Crippen molar-refractivity contribution < 1.29 is 8.42 Å². The van der Waals surface area contributed by atoms with Crippen LogP contribution in [0.15, 0.2) is 47.5 Å². The van der Waals surface area contributed by atoms with Crippen LogP contribution in [0.2, 0.25) is 0 Å². The number of nitrogen functional groups attached to an aromatic ring is 1. The molecule has 1 aromatic carbocycles. The zero-order valence-electron chi connectivity index (χ0n) is 9.29. The summed E-state index contributed by atoms with van der Waals surface area (Å²) >= 11 is 0. The van der Waals surface area contributed by atoms with E-state index in [1.54, 1.807) is 0 Å². The molecule has 17 heavy (non-hydrogen) atoms. The zero-order valence-corrected chi connectivity index (χ0v) is 10.1. The molecule has 5 heteroatoms. The number of rotatable bonds is 2. The van der Waals surface area contributed by atoms with Crippen molar-refractivity contribution in [2.45, 2.75) is 4.90 Å². The summed E-state index contributed by atoms with van der Waals surface area (Å²) in [6.45, 7) is 0. The van der Waals surface area contributed by atoms with E-state index >= 15 is 0 Å². The summed E-state index contributed by atoms with van der Waals surface area (Å²) in [7, 11) is -3.32. The van der Waals surface area contributed by atoms with Gasteiger partial charge in [-0.2, -0.15) is 0 Å². The summed E-state index contributed by atoms with van der Waals surface area (Å²) in [6, 6.07) is 10.6. The number of benzene rings is 1. The van der Waals surface area contributed by atoms with E-state index in [9.17, 15) is 8.42 Å². The summed E-state index contributed by atoms with van der Waals surface area (Å²) < 4.78 is 23.4. The second kappa shape index (κ2) is 4.18. The molecule has 2 rings (SSSR count). The van der Waals surface area contributed by atoms with Gasteiger partial charge in [-0.3, -0.25) is 0 Å². The van der Waals surface area contributed by atoms with E-state index in [-0.39, 0.29) is 10.7 Å². The SMILES string of the molecule is CS(=O)(=O)c1ccnc(N)c1-c1ccccc1. The third kappa shape index (κ3) is 2.29. The summed E-state index contributed by atoms with van der Waals surface area (Å²) in [5.74, 6) is 0.221. The quantitative estimate of drug-likeness (QED) is 0.878. The van der Waals surface area contributed by atoms with Crippen molar-refractivity contribution in [3.8, 4) is 11.1 Å². The van der Waals surface area contributed by atoms with Gasteiger partial charge in [0.25, 0.3) is 0 Å². The molecule has 0 radical (unpaired) electrons. The normalized spacial score (nSPS) is 11.4. The lowest BCUT2D eigenvalue weighted by molar-refractivity contribution is 0.602. The number of hydrogen-bond donors (Lipinski definition) is 1. The van der Waals surface area contributed by atoms with Gasteiger partial charge in [0.2, 0.25) is 0 Å². The summed E-state index contributed by atoms with van der Waals surface area (Å²) in [5, 5.41) is 0. The van der Waals surface area contributed by atoms with Crippen LogP contribution in [0.3, 0.4) is 0 Å². The Hall–Kier alpha value is -1.88. The van der Waals surface area contributed by atoms with E-state index < -0.39 is 9.84 Å². The van der Waals surface area contributed by atoms with E-state index in [0.717, 1.165) is 11.8 Å². The second-order valence-corrected chi connectivity index (χ2v) is 5.69. The third-order valence-corrected chi connectivity index (χ3v) is 3.54. The van der Waals surface area contributed by atoms with E-state index in [1.165, 1.54) is 12.3 Å². The number of hydrogen-bond acceptors (Lipinski definition) is 4. The molecule has 0 spiro atoms. The lowest BCUT2D eigenvalue weighted by atomic mass is 10.1. The minimum atomic E-state index is -3.32. The molecular formula is C12H12N2O2S. The molecule has 0 saturated heterocycles. The standard InChI is InChI=1S/C12H12N2O2S/c1-17(15,16)10-7-8-14-12(13)11(10)9-5-3-2-4-6-9/h2-8H,1H3,(H2,13,14). The van der Waals surface area contributed by atoms with Crippen molar-refractivity contribution in [1.82, 2.24) is 4.98 Å². The number of nitrogens with two attached hydrogens (primary N) is 1. The van der Waals surface area contributed by atoms with Crippen molar-refractivity contribution in [2.75, 3.05) is 12.0 Å². The number of nitrogens with zero attached hydrogens (tertiary/aromatic N) is 1. The minimum absolute atomic E-state index is 0.205. The molecule has 0 aliphatic heterocycles. The number of aromatic nitrogens is 1. The topological polar surface area (TPSA) is 73.0 Å². The minimum Gasteiger partial charge on any atom is -0.383 e. The Morgan fingerprint density at radius 3 is 2.35 bits per heavy atom. The van der Waals surface area contributed by atoms with Gasteiger partial charge >= 0.3 is 0 Å². The Kier molecular flexibility index (Phi) is 2.85. The van der Waals surface area contributed by atoms with Crippen LogP contribution < -0.4 is 5.73 Å². The highest BCUT2D eigenvalue weighted by molar-refractivity contribution is 7.90. The fourth-order valence-corrected chi connectivity index (χ4v) is 2.56. The van der Waals surface area contributed by atoms with Gasteiger partial charge in [0.15, 0.2) is 9.84 Å². The van der Waals surface area contributed by atoms with Crippen LogP contribution in [0.4, 0.5) is 5.82 Å². The van der Waals surface area contributed by atoms with Gasteiger partial charge in [-0.25, -0.2) is 13.4 Å². The molecule has 88 valence electrons. The third-order valence-electron chi connectivity index (χ3n) is 2.40. The first-order valence-electron chi connectivity index (χ1n) is 5.00. The van der Waals surface area contributed by atoms with E-state index in [1.807, 2.05) is 30.3 Å². The zero-order chi connectivity index (χ0) is 12.5. The van der Waals surface area contributed by atoms with Crippen LogP contribution in [0.5, 0.6) is 0 Å². The Morgan fingerprint density at radius 2 is 1.76 bits per heavy atom. The van der Waals surface area contributed by atoms with Crippen LogP contribution in [0, 0.1) is 0 Å². The van der Waals surface area contributed by atoms with Gasteiger partial charge in [-0.05, 0) is 11.6 Å². The van der Waals surface area contributed by atoms with Crippen molar-refractivity contribution in [1.29, 1.82) is 0 Å². The van der Waals surface area contributed by atoms with Crippen molar-refractivity contribution in [3.63, 3.8) is 0 Å². The molecule has 2 aromatic rings. The van der Waals surface area contributed by atoms with Gasteiger partial charge in [0.05, 0.1) is 4.90 Å². The highest BCUT2D eigenvalue weighted by Crippen LogP contribution is 2.30. The molecule has 1 heterocycles. The summed E-state index contributed by atoms with van der Waals surface area (Å²) in [6.07, 6.45) is 2.56. The fourth-order valence-electron chi connectivity index (χ4n) is 1.66. The second-order valence-electron chi connectivity index (χ2n) is 3.71. The maximum atomic E-state index is 11.7. The lowest BCUT2D eigenvalue weighted by Gasteiger charge is -2.09. The van der Waals surface area contributed by atoms with Gasteiger partial charge < -0.3 is 5.73 Å². The fraction of sp³-hybridized carbons (Fsp3) is 0.0833. The number of anilines is 1. The largest absolute Gasteiger partial charge is 0.383 e. The molecule has 1 aromatic heterocycles. The van der Waals surface area contributed by atoms with Gasteiger partial charge in [-0.1, -0.05) is 30.3 Å². The van der Waals surface area contributed by atoms with Crippen molar-refractivity contribution >= 4 is 15.7 Å². The molecule has 2 N–H and O–H groups in total. The highest BCUT2D eigenvalue weighted by atomic mass is 32.2. The summed E-state index contributed by atoms with van der Waals surface area (Å²) in [4.78, 5) is 4.15. The molecule has 0 fully saturated rings. The Morgan fingerprint density at radius 1 is 1.12 bits per heavy atom. The average molecular weight is 248 g/mol. The molecule has 4 nitrogen and oxygen atoms in total. The first-order chi connectivity index (χ1) is 8.00. The van der Waals surface area contributed by atoms with Crippen LogP contribution >= 0.6 is 0 Å². The lowest BCUT2D eigenvalue weighted by Crippen LogP contribution is -2.04. The van der Waals surface area contributed by atoms with Crippen molar-refractivity contribution in [3.05, 3.63) is 42.6 Å². The molecule has 0 aliphatic rings. The van der Waals surface area contributed by atoms with E-state index in [2.05, 4.69) is 4.98 Å². The van der Waals surface area contributed by atoms with Gasteiger partial charge in [0, 0.05) is 18.0 Å². The average Bonchev–Trinajstić information content (AvgIpc) is 2.28. The number of pyridine rings is 1. The van der Waals surface area contributed by atoms with E-state index in [0.29, 0.717) is 5.56 Å². The van der Waals surface area contributed by atoms with E-state index in [4.69, 9.17) is 5.73 Å². The highest BCUT2D eigenvalue weighted by Gasteiger charge is 2.17. The predicted molar refractivity (Wildman–Crippen MR) is 67.2 cm³/mol. The van der Waals surface area contributed by atoms with Crippen LogP contribution in [-0.2, 0) is 9.84 Å². The summed E-state index contributed by atoms with van der Waals surface area (Å²) in [5.41, 5.74) is 6.99. The Labute approximate surface area is 100 Å². The van der Waals surface area contributed by atoms with Crippen LogP contribution in [0.1, 0.15) is 0 Å². The first kappa shape index (κ1) is 11.6. The Balaban J connectivity index is 2.78. The Bertz CT molecular complexity index is 637. The molecule has 0 unspecified atom stereocenters. The molecule has 0 amide bonds. The monoisotopic (exact) mass is 248 g/mol. The number of sulfone groups is 1. The van der Waals surface area contributed by atoms with Crippen LogP contribution in [0.25, 0.3) is 11.1 Å². The van der Waals surface area contributed by atoms with Crippen LogP contribution in [-0.4, -0.2) is 19.7 Å².